The molecule has 4 heteroatoms. The molecule has 0 nitrogen and oxygen atoms in total. The average molecular weight is 360 g/mol. The summed E-state index contributed by atoms with van der Waals surface area (Å²) in [6.45, 7) is 2.04. The Hall–Kier alpha value is -0.660. The third-order valence-electron chi connectivity index (χ3n) is 3.15. The number of hydrogen-bond donors (Lipinski definition) is 0. The van der Waals surface area contributed by atoms with Crippen molar-refractivity contribution in [1.29, 1.82) is 0 Å². The second-order valence-corrected chi connectivity index (χ2v) is 6.91. The highest BCUT2D eigenvalue weighted by Gasteiger charge is 2.11. The first-order chi connectivity index (χ1) is 9.97. The van der Waals surface area contributed by atoms with Gasteiger partial charge in [-0.1, -0.05) is 53.0 Å². The molecule has 0 heterocycles. The molecule has 2 rings (SSSR count). The summed E-state index contributed by atoms with van der Waals surface area (Å²) in [5, 5.41) is 1.42. The quantitative estimate of drug-likeness (QED) is 0.515. The van der Waals surface area contributed by atoms with E-state index in [1.165, 1.54) is 0 Å². The first-order valence-corrected chi connectivity index (χ1v) is 8.10. The Bertz CT molecular complexity index is 577. The highest BCUT2D eigenvalue weighted by atomic mass is 35.5. The summed E-state index contributed by atoms with van der Waals surface area (Å²) in [7, 11) is 0. The van der Waals surface area contributed by atoms with E-state index in [-0.39, 0.29) is 0 Å². The van der Waals surface area contributed by atoms with Crippen molar-refractivity contribution in [3.8, 4) is 0 Å². The van der Waals surface area contributed by atoms with Gasteiger partial charge in [0.2, 0.25) is 0 Å². The second-order valence-electron chi connectivity index (χ2n) is 4.76. The van der Waals surface area contributed by atoms with E-state index in [1.807, 2.05) is 55.5 Å². The first kappa shape index (κ1) is 16.7. The van der Waals surface area contributed by atoms with Gasteiger partial charge in [0.25, 0.3) is 0 Å². The lowest BCUT2D eigenvalue weighted by atomic mass is 9.92. The number of alkyl halides is 2. The maximum absolute atomic E-state index is 5.97. The topological polar surface area (TPSA) is 0 Å². The van der Waals surface area contributed by atoms with E-state index >= 15 is 0 Å². The highest BCUT2D eigenvalue weighted by Crippen LogP contribution is 2.31. The molecule has 0 fully saturated rings. The predicted octanol–water partition coefficient (Wildman–Crippen LogP) is 7.01. The molecular weight excluding hydrogens is 346 g/mol. The molecule has 0 unspecified atom stereocenters. The molecule has 2 aromatic carbocycles. The smallest absolute Gasteiger partial charge is 0.105 e. The van der Waals surface area contributed by atoms with Crippen LogP contribution < -0.4 is 0 Å². The first-order valence-electron chi connectivity index (χ1n) is 6.47. The van der Waals surface area contributed by atoms with Crippen molar-refractivity contribution in [2.24, 2.45) is 0 Å². The van der Waals surface area contributed by atoms with E-state index in [0.717, 1.165) is 22.3 Å². The zero-order valence-electron chi connectivity index (χ0n) is 11.4. The molecule has 0 saturated carbocycles. The molecule has 0 aliphatic rings. The minimum absolute atomic E-state index is 0.431. The molecule has 0 spiro atoms. The van der Waals surface area contributed by atoms with Crippen molar-refractivity contribution in [1.82, 2.24) is 0 Å². The summed E-state index contributed by atoms with van der Waals surface area (Å²) in [5.74, 6) is 0. The summed E-state index contributed by atoms with van der Waals surface area (Å²) in [5.41, 5.74) is 4.38. The number of halogens is 4. The van der Waals surface area contributed by atoms with Crippen LogP contribution in [0.5, 0.6) is 0 Å². The third kappa shape index (κ3) is 4.66. The van der Waals surface area contributed by atoms with Gasteiger partial charge in [-0.25, -0.2) is 0 Å². The molecule has 0 radical (unpaired) electrons. The minimum atomic E-state index is -0.431. The van der Waals surface area contributed by atoms with E-state index in [1.54, 1.807) is 0 Å². The lowest BCUT2D eigenvalue weighted by Gasteiger charge is -2.14. The molecule has 2 aromatic rings. The van der Waals surface area contributed by atoms with Crippen LogP contribution in [-0.4, -0.2) is 4.84 Å². The Morgan fingerprint density at radius 3 is 1.52 bits per heavy atom. The molecule has 110 valence electrons. The molecule has 21 heavy (non-hydrogen) atoms. The van der Waals surface area contributed by atoms with Crippen LogP contribution in [0.2, 0.25) is 10.0 Å². The molecule has 0 N–H and O–H groups in total. The molecule has 0 saturated heterocycles. The molecular formula is C17H14Cl4. The molecule has 0 aliphatic carbocycles. The Morgan fingerprint density at radius 1 is 0.810 bits per heavy atom. The monoisotopic (exact) mass is 358 g/mol. The van der Waals surface area contributed by atoms with Gasteiger partial charge in [-0.3, -0.25) is 0 Å². The van der Waals surface area contributed by atoms with Gasteiger partial charge in [0.1, 0.15) is 4.84 Å². The van der Waals surface area contributed by atoms with Crippen molar-refractivity contribution < 1.29 is 0 Å². The zero-order chi connectivity index (χ0) is 15.4. The lowest BCUT2D eigenvalue weighted by Crippen LogP contribution is -1.96. The lowest BCUT2D eigenvalue weighted by molar-refractivity contribution is 1.06. The Labute approximate surface area is 145 Å². The standard InChI is InChI=1S/C17H14Cl4/c1-11(10-16(20)21)17(12-2-6-14(18)7-3-12)13-4-8-15(19)9-5-13/h2-9,16H,10H2,1H3. The van der Waals surface area contributed by atoms with Crippen LogP contribution >= 0.6 is 46.4 Å². The number of allylic oxidation sites excluding steroid dienone is 1. The van der Waals surface area contributed by atoms with Gasteiger partial charge >= 0.3 is 0 Å². The number of benzene rings is 2. The third-order valence-corrected chi connectivity index (χ3v) is 3.97. The SMILES string of the molecule is CC(CC(Cl)Cl)=C(c1ccc(Cl)cc1)c1ccc(Cl)cc1. The predicted molar refractivity (Wildman–Crippen MR) is 94.7 cm³/mol. The molecule has 0 aromatic heterocycles. The van der Waals surface area contributed by atoms with Crippen molar-refractivity contribution in [2.45, 2.75) is 18.2 Å². The Morgan fingerprint density at radius 2 is 1.19 bits per heavy atom. The van der Waals surface area contributed by atoms with E-state index in [2.05, 4.69) is 0 Å². The van der Waals surface area contributed by atoms with Crippen molar-refractivity contribution in [3.63, 3.8) is 0 Å². The summed E-state index contributed by atoms with van der Waals surface area (Å²) < 4.78 is 0. The van der Waals surface area contributed by atoms with Gasteiger partial charge in [0, 0.05) is 10.0 Å². The fourth-order valence-electron chi connectivity index (χ4n) is 2.23. The van der Waals surface area contributed by atoms with Crippen LogP contribution in [0.4, 0.5) is 0 Å². The van der Waals surface area contributed by atoms with Crippen molar-refractivity contribution in [2.75, 3.05) is 0 Å². The van der Waals surface area contributed by atoms with Crippen LogP contribution in [0.15, 0.2) is 54.1 Å². The zero-order valence-corrected chi connectivity index (χ0v) is 14.4. The normalized spacial score (nSPS) is 10.8. The molecule has 0 amide bonds. The molecule has 0 aliphatic heterocycles. The molecule has 0 atom stereocenters. The van der Waals surface area contributed by atoms with E-state index in [4.69, 9.17) is 46.4 Å². The Kier molecular flexibility index (Phi) is 6.01. The Balaban J connectivity index is 2.53. The highest BCUT2D eigenvalue weighted by molar-refractivity contribution is 6.44. The van der Waals surface area contributed by atoms with E-state index in [9.17, 15) is 0 Å². The van der Waals surface area contributed by atoms with Crippen LogP contribution in [0, 0.1) is 0 Å². The van der Waals surface area contributed by atoms with E-state index in [0.29, 0.717) is 16.5 Å². The fourth-order valence-corrected chi connectivity index (χ4v) is 2.94. The largest absolute Gasteiger partial charge is 0.111 e. The summed E-state index contributed by atoms with van der Waals surface area (Å²) in [6, 6.07) is 15.5. The van der Waals surface area contributed by atoms with Crippen LogP contribution in [0.25, 0.3) is 5.57 Å². The number of hydrogen-bond acceptors (Lipinski definition) is 0. The number of rotatable bonds is 4. The fraction of sp³-hybridized carbons (Fsp3) is 0.176. The van der Waals surface area contributed by atoms with Crippen LogP contribution in [0.1, 0.15) is 24.5 Å². The minimum Gasteiger partial charge on any atom is -0.105 e. The van der Waals surface area contributed by atoms with Crippen molar-refractivity contribution in [3.05, 3.63) is 75.3 Å². The van der Waals surface area contributed by atoms with Gasteiger partial charge in [-0.15, -0.1) is 23.2 Å². The second kappa shape index (κ2) is 7.56. The van der Waals surface area contributed by atoms with Crippen molar-refractivity contribution >= 4 is 52.0 Å². The van der Waals surface area contributed by atoms with Gasteiger partial charge in [-0.2, -0.15) is 0 Å². The average Bonchev–Trinajstić information content (AvgIpc) is 2.42. The molecule has 0 bridgehead atoms. The maximum atomic E-state index is 5.97. The van der Waals surface area contributed by atoms with Gasteiger partial charge in [0.15, 0.2) is 0 Å². The summed E-state index contributed by atoms with van der Waals surface area (Å²) in [4.78, 5) is -0.431. The van der Waals surface area contributed by atoms with Crippen LogP contribution in [0.3, 0.4) is 0 Å². The van der Waals surface area contributed by atoms with Crippen LogP contribution in [-0.2, 0) is 0 Å². The maximum Gasteiger partial charge on any atom is 0.111 e. The van der Waals surface area contributed by atoms with E-state index < -0.39 is 4.84 Å². The van der Waals surface area contributed by atoms with Gasteiger partial charge < -0.3 is 0 Å². The van der Waals surface area contributed by atoms with Gasteiger partial charge in [0.05, 0.1) is 0 Å². The summed E-state index contributed by atoms with van der Waals surface area (Å²) >= 11 is 23.8. The van der Waals surface area contributed by atoms with Gasteiger partial charge in [-0.05, 0) is 54.3 Å². The summed E-state index contributed by atoms with van der Waals surface area (Å²) in [6.07, 6.45) is 0.601.